The molecule has 5 nitrogen and oxygen atoms in total. The third-order valence-electron chi connectivity index (χ3n) is 4.22. The Morgan fingerprint density at radius 3 is 2.79 bits per heavy atom. The molecule has 3 unspecified atom stereocenters. The molecule has 0 aromatic heterocycles. The molecule has 0 aromatic rings. The van der Waals surface area contributed by atoms with Crippen molar-refractivity contribution >= 4 is 5.91 Å². The van der Waals surface area contributed by atoms with E-state index in [0.717, 1.165) is 13.1 Å². The van der Waals surface area contributed by atoms with Crippen molar-refractivity contribution in [3.8, 4) is 0 Å². The highest BCUT2D eigenvalue weighted by atomic mass is 16.5. The van der Waals surface area contributed by atoms with Crippen LogP contribution in [0.1, 0.15) is 26.7 Å². The Balaban J connectivity index is 1.73. The second kappa shape index (κ2) is 7.22. The van der Waals surface area contributed by atoms with Gasteiger partial charge in [0.15, 0.2) is 0 Å². The summed E-state index contributed by atoms with van der Waals surface area (Å²) in [7, 11) is 0. The van der Waals surface area contributed by atoms with Gasteiger partial charge in [-0.1, -0.05) is 6.92 Å². The standard InChI is InChI=1S/C14H27N3O2/c1-3-15-13-10-19-9-12(13)14(18)16-8-11(2)17-6-4-5-7-17/h11-13,15H,3-10H2,1-2H3,(H,16,18). The minimum absolute atomic E-state index is 0.0364. The Kier molecular flexibility index (Phi) is 5.60. The lowest BCUT2D eigenvalue weighted by Gasteiger charge is -2.25. The summed E-state index contributed by atoms with van der Waals surface area (Å²) in [6.45, 7) is 9.40. The maximum atomic E-state index is 12.2. The molecule has 110 valence electrons. The number of carbonyl (C=O) groups excluding carboxylic acids is 1. The maximum Gasteiger partial charge on any atom is 0.227 e. The van der Waals surface area contributed by atoms with Gasteiger partial charge in [-0.05, 0) is 39.4 Å². The summed E-state index contributed by atoms with van der Waals surface area (Å²) in [4.78, 5) is 14.7. The number of likely N-dealkylation sites (tertiary alicyclic amines) is 1. The van der Waals surface area contributed by atoms with Crippen LogP contribution in [0.3, 0.4) is 0 Å². The van der Waals surface area contributed by atoms with Gasteiger partial charge in [-0.25, -0.2) is 0 Å². The summed E-state index contributed by atoms with van der Waals surface area (Å²) < 4.78 is 5.42. The van der Waals surface area contributed by atoms with Gasteiger partial charge in [-0.2, -0.15) is 0 Å². The summed E-state index contributed by atoms with van der Waals surface area (Å²) in [5.74, 6) is 0.0974. The first-order valence-corrected chi connectivity index (χ1v) is 7.55. The molecule has 0 radical (unpaired) electrons. The summed E-state index contributed by atoms with van der Waals surface area (Å²) in [5, 5.41) is 6.41. The van der Waals surface area contributed by atoms with Crippen LogP contribution in [-0.4, -0.2) is 62.3 Å². The van der Waals surface area contributed by atoms with E-state index in [1.54, 1.807) is 0 Å². The lowest BCUT2D eigenvalue weighted by Crippen LogP contribution is -2.47. The van der Waals surface area contributed by atoms with Crippen LogP contribution in [0.25, 0.3) is 0 Å². The molecule has 2 aliphatic rings. The van der Waals surface area contributed by atoms with E-state index in [1.807, 2.05) is 0 Å². The zero-order valence-electron chi connectivity index (χ0n) is 12.2. The molecule has 19 heavy (non-hydrogen) atoms. The number of likely N-dealkylation sites (N-methyl/N-ethyl adjacent to an activating group) is 1. The van der Waals surface area contributed by atoms with E-state index in [1.165, 1.54) is 25.9 Å². The first-order valence-electron chi connectivity index (χ1n) is 7.55. The molecular formula is C14H27N3O2. The number of carbonyl (C=O) groups is 1. The molecule has 0 saturated carbocycles. The van der Waals surface area contributed by atoms with Gasteiger partial charge in [-0.15, -0.1) is 0 Å². The highest BCUT2D eigenvalue weighted by Gasteiger charge is 2.33. The number of nitrogens with zero attached hydrogens (tertiary/aromatic N) is 1. The monoisotopic (exact) mass is 269 g/mol. The van der Waals surface area contributed by atoms with Gasteiger partial charge in [0.1, 0.15) is 0 Å². The van der Waals surface area contributed by atoms with Crippen LogP contribution < -0.4 is 10.6 Å². The lowest BCUT2D eigenvalue weighted by molar-refractivity contribution is -0.125. The van der Waals surface area contributed by atoms with Crippen LogP contribution in [0.5, 0.6) is 0 Å². The minimum Gasteiger partial charge on any atom is -0.379 e. The van der Waals surface area contributed by atoms with Crippen molar-refractivity contribution in [3.63, 3.8) is 0 Å². The van der Waals surface area contributed by atoms with E-state index in [4.69, 9.17) is 4.74 Å². The molecule has 3 atom stereocenters. The Bertz CT molecular complexity index is 292. The summed E-state index contributed by atoms with van der Waals surface area (Å²) >= 11 is 0. The third-order valence-corrected chi connectivity index (χ3v) is 4.22. The maximum absolute atomic E-state index is 12.2. The molecule has 5 heteroatoms. The molecule has 2 fully saturated rings. The van der Waals surface area contributed by atoms with E-state index in [-0.39, 0.29) is 17.9 Å². The zero-order chi connectivity index (χ0) is 13.7. The van der Waals surface area contributed by atoms with Crippen LogP contribution >= 0.6 is 0 Å². The zero-order valence-corrected chi connectivity index (χ0v) is 12.2. The Morgan fingerprint density at radius 1 is 1.37 bits per heavy atom. The first kappa shape index (κ1) is 14.8. The number of amides is 1. The number of nitrogens with one attached hydrogen (secondary N) is 2. The molecule has 0 aliphatic carbocycles. The first-order chi connectivity index (χ1) is 9.22. The Morgan fingerprint density at radius 2 is 2.11 bits per heavy atom. The topological polar surface area (TPSA) is 53.6 Å². The average Bonchev–Trinajstić information content (AvgIpc) is 3.06. The molecule has 2 saturated heterocycles. The predicted octanol–water partition coefficient (Wildman–Crippen LogP) is 0.211. The van der Waals surface area contributed by atoms with E-state index in [2.05, 4.69) is 29.4 Å². The number of ether oxygens (including phenoxy) is 1. The predicted molar refractivity (Wildman–Crippen MR) is 75.1 cm³/mol. The van der Waals surface area contributed by atoms with E-state index in [9.17, 15) is 4.79 Å². The Hall–Kier alpha value is -0.650. The number of hydrogen-bond donors (Lipinski definition) is 2. The van der Waals surface area contributed by atoms with E-state index >= 15 is 0 Å². The average molecular weight is 269 g/mol. The molecule has 2 aliphatic heterocycles. The number of rotatable bonds is 6. The second-order valence-electron chi connectivity index (χ2n) is 5.65. The van der Waals surface area contributed by atoms with Crippen LogP contribution in [0.2, 0.25) is 0 Å². The van der Waals surface area contributed by atoms with Gasteiger partial charge in [0.2, 0.25) is 5.91 Å². The van der Waals surface area contributed by atoms with Gasteiger partial charge in [0, 0.05) is 18.6 Å². The Labute approximate surface area is 116 Å². The number of hydrogen-bond acceptors (Lipinski definition) is 4. The molecule has 2 N–H and O–H groups in total. The van der Waals surface area contributed by atoms with Crippen LogP contribution in [0.15, 0.2) is 0 Å². The third kappa shape index (κ3) is 3.91. The van der Waals surface area contributed by atoms with Gasteiger partial charge >= 0.3 is 0 Å². The fourth-order valence-corrected chi connectivity index (χ4v) is 2.97. The van der Waals surface area contributed by atoms with E-state index < -0.39 is 0 Å². The van der Waals surface area contributed by atoms with Crippen molar-refractivity contribution in [2.45, 2.75) is 38.8 Å². The molecule has 2 rings (SSSR count). The highest BCUT2D eigenvalue weighted by Crippen LogP contribution is 2.14. The summed E-state index contributed by atoms with van der Waals surface area (Å²) in [6.07, 6.45) is 2.58. The highest BCUT2D eigenvalue weighted by molar-refractivity contribution is 5.79. The van der Waals surface area contributed by atoms with Crippen molar-refractivity contribution in [1.82, 2.24) is 15.5 Å². The lowest BCUT2D eigenvalue weighted by atomic mass is 10.0. The normalized spacial score (nSPS) is 29.6. The minimum atomic E-state index is -0.0364. The van der Waals surface area contributed by atoms with Gasteiger partial charge < -0.3 is 15.4 Å². The molecule has 0 aromatic carbocycles. The van der Waals surface area contributed by atoms with Crippen molar-refractivity contribution in [3.05, 3.63) is 0 Å². The van der Waals surface area contributed by atoms with Crippen molar-refractivity contribution < 1.29 is 9.53 Å². The van der Waals surface area contributed by atoms with Crippen molar-refractivity contribution in [2.75, 3.05) is 39.4 Å². The fraction of sp³-hybridized carbons (Fsp3) is 0.929. The molecular weight excluding hydrogens is 242 g/mol. The summed E-state index contributed by atoms with van der Waals surface area (Å²) in [5.41, 5.74) is 0. The molecule has 0 spiro atoms. The van der Waals surface area contributed by atoms with Gasteiger partial charge in [0.25, 0.3) is 0 Å². The van der Waals surface area contributed by atoms with Crippen LogP contribution in [0, 0.1) is 5.92 Å². The van der Waals surface area contributed by atoms with Crippen LogP contribution in [-0.2, 0) is 9.53 Å². The largest absolute Gasteiger partial charge is 0.379 e. The van der Waals surface area contributed by atoms with Crippen molar-refractivity contribution in [1.29, 1.82) is 0 Å². The van der Waals surface area contributed by atoms with Gasteiger partial charge in [-0.3, -0.25) is 9.69 Å². The van der Waals surface area contributed by atoms with E-state index in [0.29, 0.717) is 19.3 Å². The second-order valence-corrected chi connectivity index (χ2v) is 5.65. The molecule has 0 bridgehead atoms. The fourth-order valence-electron chi connectivity index (χ4n) is 2.97. The van der Waals surface area contributed by atoms with Crippen LogP contribution in [0.4, 0.5) is 0 Å². The molecule has 1 amide bonds. The molecule has 2 heterocycles. The quantitative estimate of drug-likeness (QED) is 0.724. The van der Waals surface area contributed by atoms with Crippen molar-refractivity contribution in [2.24, 2.45) is 5.92 Å². The van der Waals surface area contributed by atoms with Gasteiger partial charge in [0.05, 0.1) is 19.1 Å². The smallest absolute Gasteiger partial charge is 0.227 e. The summed E-state index contributed by atoms with van der Waals surface area (Å²) in [6, 6.07) is 0.610. The SMILES string of the molecule is CCNC1COCC1C(=O)NCC(C)N1CCCC1.